The summed E-state index contributed by atoms with van der Waals surface area (Å²) in [7, 11) is 4.10. The van der Waals surface area contributed by atoms with Crippen LogP contribution in [0.1, 0.15) is 12.8 Å². The molecular weight excluding hydrogens is 168 g/mol. The lowest BCUT2D eigenvalue weighted by Gasteiger charge is -2.35. The summed E-state index contributed by atoms with van der Waals surface area (Å²) in [5.74, 6) is -0.723. The highest BCUT2D eigenvalue weighted by Crippen LogP contribution is 2.12. The third kappa shape index (κ3) is 3.32. The van der Waals surface area contributed by atoms with Gasteiger partial charge < -0.3 is 10.0 Å². The molecule has 0 bridgehead atoms. The van der Waals surface area contributed by atoms with Crippen molar-refractivity contribution in [3.05, 3.63) is 0 Å². The Kier molecular flexibility index (Phi) is 3.69. The van der Waals surface area contributed by atoms with Gasteiger partial charge in [-0.15, -0.1) is 0 Å². The van der Waals surface area contributed by atoms with Crippen molar-refractivity contribution in [2.24, 2.45) is 0 Å². The summed E-state index contributed by atoms with van der Waals surface area (Å²) in [5, 5.41) is 8.64. The van der Waals surface area contributed by atoms with Gasteiger partial charge in [0.2, 0.25) is 0 Å². The second-order valence-electron chi connectivity index (χ2n) is 3.89. The van der Waals surface area contributed by atoms with E-state index in [-0.39, 0.29) is 6.54 Å². The minimum atomic E-state index is -0.723. The van der Waals surface area contributed by atoms with Crippen LogP contribution in [0.15, 0.2) is 0 Å². The van der Waals surface area contributed by atoms with Crippen molar-refractivity contribution in [3.8, 4) is 0 Å². The lowest BCUT2D eigenvalue weighted by molar-refractivity contribution is -0.138. The van der Waals surface area contributed by atoms with Gasteiger partial charge in [-0.05, 0) is 33.5 Å². The van der Waals surface area contributed by atoms with Crippen LogP contribution >= 0.6 is 0 Å². The Morgan fingerprint density at radius 1 is 1.62 bits per heavy atom. The van der Waals surface area contributed by atoms with Crippen molar-refractivity contribution in [2.75, 3.05) is 33.7 Å². The third-order valence-electron chi connectivity index (χ3n) is 2.57. The number of hydrogen-bond acceptors (Lipinski definition) is 3. The Bertz CT molecular complexity index is 182. The molecule has 1 heterocycles. The van der Waals surface area contributed by atoms with E-state index in [0.717, 1.165) is 19.5 Å². The van der Waals surface area contributed by atoms with Crippen LogP contribution in [0.25, 0.3) is 0 Å². The van der Waals surface area contributed by atoms with Crippen LogP contribution in [-0.2, 0) is 4.79 Å². The van der Waals surface area contributed by atoms with E-state index in [2.05, 4.69) is 19.0 Å². The van der Waals surface area contributed by atoms with Gasteiger partial charge in [-0.3, -0.25) is 9.69 Å². The Hall–Kier alpha value is -0.610. The molecule has 0 unspecified atom stereocenters. The van der Waals surface area contributed by atoms with Crippen LogP contribution in [0.5, 0.6) is 0 Å². The first-order valence-electron chi connectivity index (χ1n) is 4.70. The number of carboxylic acids is 1. The van der Waals surface area contributed by atoms with Gasteiger partial charge in [0, 0.05) is 12.6 Å². The number of carboxylic acid groups (broad SMARTS) is 1. The first kappa shape index (κ1) is 10.5. The Morgan fingerprint density at radius 3 is 2.85 bits per heavy atom. The largest absolute Gasteiger partial charge is 0.480 e. The molecule has 0 aromatic carbocycles. The summed E-state index contributed by atoms with van der Waals surface area (Å²) >= 11 is 0. The third-order valence-corrected chi connectivity index (χ3v) is 2.57. The van der Waals surface area contributed by atoms with Crippen molar-refractivity contribution < 1.29 is 9.90 Å². The molecule has 0 aromatic rings. The molecule has 1 atom stereocenters. The van der Waals surface area contributed by atoms with Crippen LogP contribution in [-0.4, -0.2) is 60.6 Å². The van der Waals surface area contributed by atoms with E-state index in [0.29, 0.717) is 6.04 Å². The van der Waals surface area contributed by atoms with E-state index in [1.54, 1.807) is 0 Å². The Balaban J connectivity index is 2.37. The smallest absolute Gasteiger partial charge is 0.317 e. The number of likely N-dealkylation sites (N-methyl/N-ethyl adjacent to an activating group) is 1. The van der Waals surface area contributed by atoms with Crippen molar-refractivity contribution in [3.63, 3.8) is 0 Å². The standard InChI is InChI=1S/C9H18N2O2/c1-10(2)8-4-3-5-11(6-8)7-9(12)13/h8H,3-7H2,1-2H3,(H,12,13)/t8-/m0/s1. The van der Waals surface area contributed by atoms with E-state index in [4.69, 9.17) is 5.11 Å². The summed E-state index contributed by atoms with van der Waals surface area (Å²) < 4.78 is 0. The molecule has 1 rings (SSSR count). The van der Waals surface area contributed by atoms with Crippen LogP contribution in [0.3, 0.4) is 0 Å². The van der Waals surface area contributed by atoms with Gasteiger partial charge in [0.25, 0.3) is 0 Å². The Morgan fingerprint density at radius 2 is 2.31 bits per heavy atom. The molecule has 1 saturated heterocycles. The van der Waals surface area contributed by atoms with Crippen molar-refractivity contribution in [1.82, 2.24) is 9.80 Å². The minimum absolute atomic E-state index is 0.185. The quantitative estimate of drug-likeness (QED) is 0.679. The molecule has 76 valence electrons. The van der Waals surface area contributed by atoms with Crippen LogP contribution in [0.2, 0.25) is 0 Å². The predicted octanol–water partition coefficient (Wildman–Crippen LogP) is 0.0970. The van der Waals surface area contributed by atoms with E-state index in [1.165, 1.54) is 6.42 Å². The van der Waals surface area contributed by atoms with Gasteiger partial charge in [-0.1, -0.05) is 0 Å². The summed E-state index contributed by atoms with van der Waals surface area (Å²) in [6, 6.07) is 0.521. The monoisotopic (exact) mass is 186 g/mol. The van der Waals surface area contributed by atoms with Gasteiger partial charge >= 0.3 is 5.97 Å². The maximum absolute atomic E-state index is 10.5. The van der Waals surface area contributed by atoms with Crippen LogP contribution in [0, 0.1) is 0 Å². The zero-order valence-electron chi connectivity index (χ0n) is 8.36. The first-order chi connectivity index (χ1) is 6.09. The molecule has 0 aliphatic carbocycles. The van der Waals surface area contributed by atoms with E-state index < -0.39 is 5.97 Å². The van der Waals surface area contributed by atoms with E-state index in [9.17, 15) is 4.79 Å². The average molecular weight is 186 g/mol. The highest BCUT2D eigenvalue weighted by molar-refractivity contribution is 5.69. The van der Waals surface area contributed by atoms with Crippen molar-refractivity contribution in [2.45, 2.75) is 18.9 Å². The van der Waals surface area contributed by atoms with Gasteiger partial charge in [0.1, 0.15) is 0 Å². The Labute approximate surface area is 79.1 Å². The fourth-order valence-corrected chi connectivity index (χ4v) is 1.79. The molecule has 4 heteroatoms. The van der Waals surface area contributed by atoms with Crippen molar-refractivity contribution in [1.29, 1.82) is 0 Å². The normalized spacial score (nSPS) is 25.0. The van der Waals surface area contributed by atoms with Crippen molar-refractivity contribution >= 4 is 5.97 Å². The molecule has 13 heavy (non-hydrogen) atoms. The second-order valence-corrected chi connectivity index (χ2v) is 3.89. The summed E-state index contributed by atoms with van der Waals surface area (Å²) in [6.45, 7) is 2.00. The fourth-order valence-electron chi connectivity index (χ4n) is 1.79. The fraction of sp³-hybridized carbons (Fsp3) is 0.889. The summed E-state index contributed by atoms with van der Waals surface area (Å²) in [6.07, 6.45) is 2.29. The number of carbonyl (C=O) groups is 1. The summed E-state index contributed by atoms with van der Waals surface area (Å²) in [5.41, 5.74) is 0. The SMILES string of the molecule is CN(C)[C@H]1CCCN(CC(=O)O)C1. The highest BCUT2D eigenvalue weighted by Gasteiger charge is 2.22. The maximum Gasteiger partial charge on any atom is 0.317 e. The minimum Gasteiger partial charge on any atom is -0.480 e. The molecule has 0 saturated carbocycles. The molecule has 0 radical (unpaired) electrons. The molecule has 4 nitrogen and oxygen atoms in total. The molecule has 1 N–H and O–H groups in total. The van der Waals surface area contributed by atoms with Crippen LogP contribution < -0.4 is 0 Å². The number of likely N-dealkylation sites (tertiary alicyclic amines) is 1. The molecule has 1 fully saturated rings. The molecular formula is C9H18N2O2. The van der Waals surface area contributed by atoms with Gasteiger partial charge in [0.05, 0.1) is 6.54 Å². The lowest BCUT2D eigenvalue weighted by Crippen LogP contribution is -2.46. The van der Waals surface area contributed by atoms with E-state index >= 15 is 0 Å². The molecule has 0 spiro atoms. The van der Waals surface area contributed by atoms with Gasteiger partial charge in [-0.2, -0.15) is 0 Å². The molecule has 1 aliphatic heterocycles. The molecule has 1 aliphatic rings. The summed E-state index contributed by atoms with van der Waals surface area (Å²) in [4.78, 5) is 14.7. The van der Waals surface area contributed by atoms with E-state index in [1.807, 2.05) is 4.90 Å². The molecule has 0 amide bonds. The average Bonchev–Trinajstić information content (AvgIpc) is 2.03. The number of hydrogen-bond donors (Lipinski definition) is 1. The zero-order valence-corrected chi connectivity index (χ0v) is 8.36. The second kappa shape index (κ2) is 4.58. The van der Waals surface area contributed by atoms with Crippen LogP contribution in [0.4, 0.5) is 0 Å². The predicted molar refractivity (Wildman–Crippen MR) is 50.8 cm³/mol. The zero-order chi connectivity index (χ0) is 9.84. The first-order valence-corrected chi connectivity index (χ1v) is 4.70. The lowest BCUT2D eigenvalue weighted by atomic mass is 10.1. The molecule has 0 aromatic heterocycles. The highest BCUT2D eigenvalue weighted by atomic mass is 16.4. The number of nitrogens with zero attached hydrogens (tertiary/aromatic N) is 2. The maximum atomic E-state index is 10.5. The number of aliphatic carboxylic acids is 1. The van der Waals surface area contributed by atoms with Gasteiger partial charge in [0.15, 0.2) is 0 Å². The number of rotatable bonds is 3. The topological polar surface area (TPSA) is 43.8 Å². The van der Waals surface area contributed by atoms with Gasteiger partial charge in [-0.25, -0.2) is 0 Å². The number of piperidine rings is 1.